The molecule has 116 valence electrons. The number of amides is 2. The molecule has 0 bridgehead atoms. The van der Waals surface area contributed by atoms with Crippen molar-refractivity contribution < 1.29 is 19.5 Å². The molecule has 0 radical (unpaired) electrons. The highest BCUT2D eigenvalue weighted by atomic mass is 32.2. The minimum atomic E-state index is -0.953. The van der Waals surface area contributed by atoms with E-state index in [4.69, 9.17) is 5.11 Å². The van der Waals surface area contributed by atoms with Gasteiger partial charge in [0.15, 0.2) is 4.34 Å². The van der Waals surface area contributed by atoms with Crippen LogP contribution in [0.4, 0.5) is 5.13 Å². The zero-order valence-electron chi connectivity index (χ0n) is 11.8. The van der Waals surface area contributed by atoms with Crippen LogP contribution in [0.15, 0.2) is 4.34 Å². The van der Waals surface area contributed by atoms with Crippen LogP contribution < -0.4 is 10.6 Å². The Bertz CT molecular complexity index is 539. The fourth-order valence-electron chi connectivity index (χ4n) is 1.03. The number of aromatic nitrogens is 2. The summed E-state index contributed by atoms with van der Waals surface area (Å²) in [5.41, 5.74) is -0.566. The SMILES string of the molecule is CC(C)(C)C(=O)NCC(=O)Nc1nnc(SCC(=O)O)s1. The molecule has 1 aromatic heterocycles. The maximum Gasteiger partial charge on any atom is 0.313 e. The summed E-state index contributed by atoms with van der Waals surface area (Å²) in [7, 11) is 0. The quantitative estimate of drug-likeness (QED) is 0.520. The van der Waals surface area contributed by atoms with Gasteiger partial charge in [-0.05, 0) is 0 Å². The van der Waals surface area contributed by atoms with E-state index in [9.17, 15) is 14.4 Å². The molecular formula is C11H16N4O4S2. The van der Waals surface area contributed by atoms with E-state index in [0.29, 0.717) is 4.34 Å². The van der Waals surface area contributed by atoms with Crippen molar-refractivity contribution in [2.75, 3.05) is 17.6 Å². The van der Waals surface area contributed by atoms with Crippen LogP contribution >= 0.6 is 23.1 Å². The molecule has 8 nitrogen and oxygen atoms in total. The minimum absolute atomic E-state index is 0.121. The predicted molar refractivity (Wildman–Crippen MR) is 79.4 cm³/mol. The number of thioether (sulfide) groups is 1. The van der Waals surface area contributed by atoms with Crippen molar-refractivity contribution >= 4 is 46.0 Å². The lowest BCUT2D eigenvalue weighted by Crippen LogP contribution is -2.39. The molecule has 1 rings (SSSR count). The Labute approximate surface area is 129 Å². The van der Waals surface area contributed by atoms with Crippen LogP contribution in [0.3, 0.4) is 0 Å². The zero-order valence-corrected chi connectivity index (χ0v) is 13.4. The number of nitrogens with one attached hydrogen (secondary N) is 2. The van der Waals surface area contributed by atoms with Gasteiger partial charge in [0, 0.05) is 5.41 Å². The molecule has 0 aliphatic rings. The molecule has 0 fully saturated rings. The zero-order chi connectivity index (χ0) is 16.0. The molecule has 0 saturated heterocycles. The van der Waals surface area contributed by atoms with E-state index >= 15 is 0 Å². The number of carbonyl (C=O) groups excluding carboxylic acids is 2. The molecule has 2 amide bonds. The fourth-order valence-corrected chi connectivity index (χ4v) is 2.52. The van der Waals surface area contributed by atoms with Gasteiger partial charge >= 0.3 is 5.97 Å². The lowest BCUT2D eigenvalue weighted by molar-refractivity contribution is -0.134. The van der Waals surface area contributed by atoms with E-state index in [-0.39, 0.29) is 23.3 Å². The lowest BCUT2D eigenvalue weighted by atomic mass is 9.96. The van der Waals surface area contributed by atoms with Gasteiger partial charge in [0.25, 0.3) is 0 Å². The second-order valence-corrected chi connectivity index (χ2v) is 7.24. The third-order valence-corrected chi connectivity index (χ3v) is 4.02. The maximum atomic E-state index is 11.6. The molecule has 0 unspecified atom stereocenters. The van der Waals surface area contributed by atoms with Crippen LogP contribution in [0.25, 0.3) is 0 Å². The third kappa shape index (κ3) is 6.54. The van der Waals surface area contributed by atoms with Crippen molar-refractivity contribution in [1.82, 2.24) is 15.5 Å². The Morgan fingerprint density at radius 1 is 1.29 bits per heavy atom. The molecule has 0 atom stereocenters. The summed E-state index contributed by atoms with van der Waals surface area (Å²) < 4.78 is 0.450. The third-order valence-electron chi connectivity index (χ3n) is 2.06. The first-order chi connectivity index (χ1) is 9.68. The summed E-state index contributed by atoms with van der Waals surface area (Å²) in [6.45, 7) is 5.08. The Morgan fingerprint density at radius 2 is 1.95 bits per heavy atom. The Morgan fingerprint density at radius 3 is 2.52 bits per heavy atom. The molecule has 0 aliphatic carbocycles. The van der Waals surface area contributed by atoms with Crippen LogP contribution in [-0.2, 0) is 14.4 Å². The second-order valence-electron chi connectivity index (χ2n) is 5.04. The lowest BCUT2D eigenvalue weighted by Gasteiger charge is -2.16. The van der Waals surface area contributed by atoms with Crippen molar-refractivity contribution in [1.29, 1.82) is 0 Å². The number of hydrogen-bond donors (Lipinski definition) is 3. The first-order valence-corrected chi connectivity index (χ1v) is 7.75. The molecule has 0 spiro atoms. The van der Waals surface area contributed by atoms with Gasteiger partial charge in [-0.3, -0.25) is 19.7 Å². The largest absolute Gasteiger partial charge is 0.481 e. The smallest absolute Gasteiger partial charge is 0.313 e. The highest BCUT2D eigenvalue weighted by molar-refractivity contribution is 8.01. The first kappa shape index (κ1) is 17.4. The van der Waals surface area contributed by atoms with Crippen molar-refractivity contribution in [3.63, 3.8) is 0 Å². The van der Waals surface area contributed by atoms with Gasteiger partial charge in [0.2, 0.25) is 16.9 Å². The molecule has 1 heterocycles. The monoisotopic (exact) mass is 332 g/mol. The van der Waals surface area contributed by atoms with Crippen molar-refractivity contribution in [2.24, 2.45) is 5.41 Å². The number of carboxylic acid groups (broad SMARTS) is 1. The van der Waals surface area contributed by atoms with Crippen LogP contribution in [0, 0.1) is 5.41 Å². The predicted octanol–water partition coefficient (Wildman–Crippen LogP) is 0.816. The molecule has 21 heavy (non-hydrogen) atoms. The summed E-state index contributed by atoms with van der Waals surface area (Å²) in [5.74, 6) is -1.72. The average Bonchev–Trinajstić information content (AvgIpc) is 2.79. The van der Waals surface area contributed by atoms with Crippen LogP contribution in [0.5, 0.6) is 0 Å². The van der Waals surface area contributed by atoms with Gasteiger partial charge in [0.05, 0.1) is 12.3 Å². The Kier molecular flexibility index (Phi) is 6.09. The van der Waals surface area contributed by atoms with Gasteiger partial charge in [-0.15, -0.1) is 10.2 Å². The highest BCUT2D eigenvalue weighted by Gasteiger charge is 2.21. The fraction of sp³-hybridized carbons (Fsp3) is 0.545. The van der Waals surface area contributed by atoms with Gasteiger partial charge in [0.1, 0.15) is 0 Å². The van der Waals surface area contributed by atoms with Gasteiger partial charge < -0.3 is 10.4 Å². The van der Waals surface area contributed by atoms with E-state index in [2.05, 4.69) is 20.8 Å². The Balaban J connectivity index is 2.41. The molecule has 3 N–H and O–H groups in total. The van der Waals surface area contributed by atoms with E-state index in [1.54, 1.807) is 20.8 Å². The molecule has 0 saturated carbocycles. The normalized spacial score (nSPS) is 11.0. The van der Waals surface area contributed by atoms with E-state index < -0.39 is 17.3 Å². The summed E-state index contributed by atoms with van der Waals surface area (Å²) in [4.78, 5) is 33.6. The minimum Gasteiger partial charge on any atom is -0.481 e. The van der Waals surface area contributed by atoms with Crippen molar-refractivity contribution in [2.45, 2.75) is 25.1 Å². The number of nitrogens with zero attached hydrogens (tertiary/aromatic N) is 2. The van der Waals surface area contributed by atoms with Gasteiger partial charge in [-0.25, -0.2) is 0 Å². The summed E-state index contributed by atoms with van der Waals surface area (Å²) in [6.07, 6.45) is 0. The first-order valence-electron chi connectivity index (χ1n) is 5.94. The van der Waals surface area contributed by atoms with E-state index in [0.717, 1.165) is 23.1 Å². The van der Waals surface area contributed by atoms with Gasteiger partial charge in [-0.1, -0.05) is 43.9 Å². The second kappa shape index (κ2) is 7.36. The number of anilines is 1. The Hall–Kier alpha value is -1.68. The summed E-state index contributed by atoms with van der Waals surface area (Å²) >= 11 is 2.10. The molecule has 1 aromatic rings. The van der Waals surface area contributed by atoms with Crippen LogP contribution in [0.2, 0.25) is 0 Å². The molecule has 0 aromatic carbocycles. The number of hydrogen-bond acceptors (Lipinski definition) is 7. The molecule has 0 aliphatic heterocycles. The number of carboxylic acids is 1. The van der Waals surface area contributed by atoms with Gasteiger partial charge in [-0.2, -0.15) is 0 Å². The molecular weight excluding hydrogens is 316 g/mol. The highest BCUT2D eigenvalue weighted by Crippen LogP contribution is 2.25. The molecule has 10 heteroatoms. The van der Waals surface area contributed by atoms with Crippen molar-refractivity contribution in [3.05, 3.63) is 0 Å². The van der Waals surface area contributed by atoms with E-state index in [1.807, 2.05) is 0 Å². The van der Waals surface area contributed by atoms with Crippen molar-refractivity contribution in [3.8, 4) is 0 Å². The van der Waals surface area contributed by atoms with Crippen LogP contribution in [0.1, 0.15) is 20.8 Å². The summed E-state index contributed by atoms with van der Waals surface area (Å²) in [5, 5.41) is 21.3. The van der Waals surface area contributed by atoms with E-state index in [1.165, 1.54) is 0 Å². The number of rotatable bonds is 6. The number of aliphatic carboxylic acids is 1. The van der Waals surface area contributed by atoms with Crippen LogP contribution in [-0.4, -0.2) is 45.4 Å². The number of carbonyl (C=O) groups is 3. The average molecular weight is 332 g/mol. The summed E-state index contributed by atoms with van der Waals surface area (Å²) in [6, 6.07) is 0. The topological polar surface area (TPSA) is 121 Å². The standard InChI is InChI=1S/C11H16N4O4S2/c1-11(2,3)8(19)12-4-6(16)13-9-14-15-10(21-9)20-5-7(17)18/h4-5H2,1-3H3,(H,12,19)(H,17,18)(H,13,14,16). The maximum absolute atomic E-state index is 11.6.